The highest BCUT2D eigenvalue weighted by molar-refractivity contribution is 7.12. The molecule has 120 valence electrons. The van der Waals surface area contributed by atoms with Crippen LogP contribution in [0.2, 0.25) is 0 Å². The lowest BCUT2D eigenvalue weighted by Crippen LogP contribution is -2.06. The van der Waals surface area contributed by atoms with Gasteiger partial charge in [0.25, 0.3) is 0 Å². The molecule has 0 unspecified atom stereocenters. The molecule has 0 aliphatic rings. The Morgan fingerprint density at radius 3 is 2.42 bits per heavy atom. The highest BCUT2D eigenvalue weighted by Crippen LogP contribution is 2.26. The highest BCUT2D eigenvalue weighted by atomic mass is 32.1. The number of aryl methyl sites for hydroxylation is 1. The van der Waals surface area contributed by atoms with Crippen molar-refractivity contribution in [2.45, 2.75) is 6.92 Å². The number of carbonyl (C=O) groups is 1. The third-order valence-corrected chi connectivity index (χ3v) is 4.29. The van der Waals surface area contributed by atoms with E-state index in [1.807, 2.05) is 54.8 Å². The predicted molar refractivity (Wildman–Crippen MR) is 94.0 cm³/mol. The first-order valence-corrected chi connectivity index (χ1v) is 8.18. The van der Waals surface area contributed by atoms with Gasteiger partial charge in [-0.1, -0.05) is 54.6 Å². The molecular formula is C18H15N3O2S. The smallest absolute Gasteiger partial charge is 0.338 e. The van der Waals surface area contributed by atoms with Crippen LogP contribution in [-0.4, -0.2) is 25.8 Å². The van der Waals surface area contributed by atoms with Crippen molar-refractivity contribution in [1.29, 1.82) is 0 Å². The van der Waals surface area contributed by atoms with Crippen molar-refractivity contribution in [3.05, 3.63) is 77.4 Å². The Kier molecular flexibility index (Phi) is 4.67. The second-order valence-electron chi connectivity index (χ2n) is 4.99. The van der Waals surface area contributed by atoms with E-state index in [2.05, 4.69) is 10.2 Å². The average molecular weight is 337 g/mol. The molecule has 0 fully saturated rings. The van der Waals surface area contributed by atoms with E-state index in [1.54, 1.807) is 22.8 Å². The van der Waals surface area contributed by atoms with Crippen molar-refractivity contribution < 1.29 is 9.90 Å². The first-order valence-electron chi connectivity index (χ1n) is 7.30. The number of hydrogen-bond donors (Lipinski definition) is 1. The van der Waals surface area contributed by atoms with Crippen LogP contribution in [0.4, 0.5) is 0 Å². The summed E-state index contributed by atoms with van der Waals surface area (Å²) in [4.78, 5) is 11.8. The summed E-state index contributed by atoms with van der Waals surface area (Å²) in [5, 5.41) is 20.4. The normalized spacial score (nSPS) is 10.2. The number of benzene rings is 1. The van der Waals surface area contributed by atoms with Gasteiger partial charge < -0.3 is 5.11 Å². The molecule has 3 aromatic rings. The van der Waals surface area contributed by atoms with Crippen LogP contribution in [0.15, 0.2) is 66.0 Å². The molecule has 0 bridgehead atoms. The Labute approximate surface area is 143 Å². The molecular weight excluding hydrogens is 322 g/mol. The number of aromatic carboxylic acids is 1. The van der Waals surface area contributed by atoms with Gasteiger partial charge in [-0.2, -0.15) is 0 Å². The molecule has 24 heavy (non-hydrogen) atoms. The van der Waals surface area contributed by atoms with Crippen LogP contribution in [0, 0.1) is 6.92 Å². The Balaban J connectivity index is 2.34. The summed E-state index contributed by atoms with van der Waals surface area (Å²) in [5.74, 6) is 0.247. The number of carboxylic acids is 1. The van der Waals surface area contributed by atoms with Gasteiger partial charge in [-0.05, 0) is 18.4 Å². The fourth-order valence-corrected chi connectivity index (χ4v) is 3.18. The maximum absolute atomic E-state index is 11.8. The number of aromatic nitrogens is 3. The molecule has 0 aliphatic carbocycles. The van der Waals surface area contributed by atoms with E-state index in [0.29, 0.717) is 16.6 Å². The average Bonchev–Trinajstić information content (AvgIpc) is 3.01. The van der Waals surface area contributed by atoms with Crippen LogP contribution in [0.1, 0.15) is 16.2 Å². The van der Waals surface area contributed by atoms with E-state index in [9.17, 15) is 9.90 Å². The van der Waals surface area contributed by atoms with E-state index in [1.165, 1.54) is 11.3 Å². The minimum Gasteiger partial charge on any atom is -0.478 e. The quantitative estimate of drug-likeness (QED) is 0.780. The Morgan fingerprint density at radius 1 is 1.00 bits per heavy atom. The molecule has 0 atom stereocenters. The molecule has 1 N–H and O–H groups in total. The van der Waals surface area contributed by atoms with Gasteiger partial charge in [-0.15, -0.1) is 21.5 Å². The van der Waals surface area contributed by atoms with Crippen LogP contribution < -0.4 is 0 Å². The molecule has 0 radical (unpaired) electrons. The lowest BCUT2D eigenvalue weighted by atomic mass is 10.2. The van der Waals surface area contributed by atoms with E-state index < -0.39 is 5.97 Å². The zero-order valence-corrected chi connectivity index (χ0v) is 13.8. The molecule has 2 aromatic heterocycles. The predicted octanol–water partition coefficient (Wildman–Crippen LogP) is 4.13. The van der Waals surface area contributed by atoms with Crippen molar-refractivity contribution in [3.63, 3.8) is 0 Å². The monoisotopic (exact) mass is 337 g/mol. The zero-order valence-electron chi connectivity index (χ0n) is 13.0. The Bertz CT molecular complexity index is 915. The van der Waals surface area contributed by atoms with E-state index in [0.717, 1.165) is 5.56 Å². The van der Waals surface area contributed by atoms with Gasteiger partial charge in [0.05, 0.1) is 5.56 Å². The van der Waals surface area contributed by atoms with Gasteiger partial charge in [-0.25, -0.2) is 4.79 Å². The number of nitrogens with zero attached hydrogens (tertiary/aromatic N) is 3. The number of carboxylic acid groups (broad SMARTS) is 1. The van der Waals surface area contributed by atoms with E-state index in [4.69, 9.17) is 0 Å². The molecule has 0 saturated heterocycles. The minimum absolute atomic E-state index is 0.191. The molecule has 0 saturated carbocycles. The van der Waals surface area contributed by atoms with Crippen molar-refractivity contribution in [1.82, 2.24) is 14.8 Å². The summed E-state index contributed by atoms with van der Waals surface area (Å²) < 4.78 is 1.78. The maximum Gasteiger partial charge on any atom is 0.338 e. The van der Waals surface area contributed by atoms with Gasteiger partial charge in [-0.3, -0.25) is 4.57 Å². The summed E-state index contributed by atoms with van der Waals surface area (Å²) >= 11 is 1.33. The van der Waals surface area contributed by atoms with Crippen molar-refractivity contribution in [2.24, 2.45) is 0 Å². The fourth-order valence-electron chi connectivity index (χ4n) is 2.28. The van der Waals surface area contributed by atoms with Gasteiger partial charge in [0.15, 0.2) is 5.82 Å². The van der Waals surface area contributed by atoms with Crippen LogP contribution in [0.25, 0.3) is 16.4 Å². The van der Waals surface area contributed by atoms with Crippen LogP contribution in [0.3, 0.4) is 0 Å². The summed E-state index contributed by atoms with van der Waals surface area (Å²) in [6.45, 7) is 1.81. The summed E-state index contributed by atoms with van der Waals surface area (Å²) in [5.41, 5.74) is 1.07. The standard InChI is InChI=1S/C18H15N3O2S/c1-13-19-20-16(14-9-5-4-6-10-14)21(13)17-15(18(22)23)11-7-2-3-8-12-24-17/h2-12H,1H3,(H,22,23). The molecule has 0 aliphatic heterocycles. The summed E-state index contributed by atoms with van der Waals surface area (Å²) in [7, 11) is 0. The third kappa shape index (κ3) is 3.18. The summed E-state index contributed by atoms with van der Waals surface area (Å²) in [6.07, 6.45) is 0. The third-order valence-electron chi connectivity index (χ3n) is 3.38. The summed E-state index contributed by atoms with van der Waals surface area (Å²) in [6, 6.07) is 18.4. The molecule has 6 heteroatoms. The molecule has 2 heterocycles. The minimum atomic E-state index is -0.996. The number of hydrogen-bond acceptors (Lipinski definition) is 4. The lowest BCUT2D eigenvalue weighted by Gasteiger charge is -2.09. The van der Waals surface area contributed by atoms with Crippen molar-refractivity contribution in [3.8, 4) is 16.4 Å². The SMILES string of the molecule is Cc1nnc(-c2ccccc2)n1-c1sccccccc1C(=O)O. The second-order valence-corrected chi connectivity index (χ2v) is 5.88. The Morgan fingerprint density at radius 2 is 1.67 bits per heavy atom. The van der Waals surface area contributed by atoms with E-state index in [-0.39, 0.29) is 5.56 Å². The lowest BCUT2D eigenvalue weighted by molar-refractivity contribution is 0.0697. The molecule has 0 spiro atoms. The van der Waals surface area contributed by atoms with Gasteiger partial charge in [0.1, 0.15) is 10.8 Å². The van der Waals surface area contributed by atoms with E-state index >= 15 is 0 Å². The topological polar surface area (TPSA) is 68.0 Å². The number of rotatable bonds is 3. The van der Waals surface area contributed by atoms with Gasteiger partial charge in [0.2, 0.25) is 0 Å². The fraction of sp³-hybridized carbons (Fsp3) is 0.0556. The molecule has 1 aromatic carbocycles. The molecule has 5 nitrogen and oxygen atoms in total. The maximum atomic E-state index is 11.8. The van der Waals surface area contributed by atoms with Crippen molar-refractivity contribution in [2.75, 3.05) is 0 Å². The molecule has 0 amide bonds. The highest BCUT2D eigenvalue weighted by Gasteiger charge is 2.18. The molecule has 3 rings (SSSR count). The second kappa shape index (κ2) is 7.06. The van der Waals surface area contributed by atoms with Crippen LogP contribution >= 0.6 is 11.3 Å². The largest absolute Gasteiger partial charge is 0.478 e. The van der Waals surface area contributed by atoms with Crippen LogP contribution in [-0.2, 0) is 0 Å². The van der Waals surface area contributed by atoms with Crippen LogP contribution in [0.5, 0.6) is 0 Å². The van der Waals surface area contributed by atoms with Gasteiger partial charge >= 0.3 is 5.97 Å². The first kappa shape index (κ1) is 15.9. The Hall–Kier alpha value is -2.99. The van der Waals surface area contributed by atoms with Crippen molar-refractivity contribution >= 4 is 17.3 Å². The van der Waals surface area contributed by atoms with Gasteiger partial charge in [0, 0.05) is 5.56 Å². The zero-order chi connectivity index (χ0) is 16.9. The first-order chi connectivity index (χ1) is 11.7.